The van der Waals surface area contributed by atoms with Crippen LogP contribution >= 0.6 is 0 Å². The highest BCUT2D eigenvalue weighted by molar-refractivity contribution is 5.87. The molecule has 0 aliphatic heterocycles. The van der Waals surface area contributed by atoms with Gasteiger partial charge in [0.2, 0.25) is 5.91 Å². The highest BCUT2D eigenvalue weighted by atomic mass is 16.5. The minimum absolute atomic E-state index is 0.0716. The quantitative estimate of drug-likeness (QED) is 0.674. The molecule has 6 heteroatoms. The Morgan fingerprint density at radius 1 is 1.37 bits per heavy atom. The molecule has 1 fully saturated rings. The maximum atomic E-state index is 12.0. The van der Waals surface area contributed by atoms with Gasteiger partial charge in [0.1, 0.15) is 0 Å². The largest absolute Gasteiger partial charge is 0.467 e. The fourth-order valence-corrected chi connectivity index (χ4v) is 2.58. The van der Waals surface area contributed by atoms with Gasteiger partial charge in [0, 0.05) is 19.6 Å². The number of esters is 1. The first-order chi connectivity index (χ1) is 8.92. The molecule has 1 rings (SSSR count). The second-order valence-corrected chi connectivity index (χ2v) is 5.36. The molecule has 0 aromatic carbocycles. The predicted octanol–water partition coefficient (Wildman–Crippen LogP) is 0.198. The monoisotopic (exact) mass is 272 g/mol. The molecule has 1 saturated carbocycles. The molecular formula is C13H24N2O4. The van der Waals surface area contributed by atoms with E-state index in [1.807, 2.05) is 0 Å². The lowest BCUT2D eigenvalue weighted by molar-refractivity contribution is -0.152. The van der Waals surface area contributed by atoms with E-state index in [0.717, 1.165) is 19.3 Å². The number of carbonyl (C=O) groups is 2. The molecule has 1 unspecified atom stereocenters. The molecule has 0 bridgehead atoms. The van der Waals surface area contributed by atoms with Crippen LogP contribution in [0.4, 0.5) is 0 Å². The van der Waals surface area contributed by atoms with E-state index in [0.29, 0.717) is 6.42 Å². The van der Waals surface area contributed by atoms with Crippen molar-refractivity contribution in [2.24, 2.45) is 11.7 Å². The first kappa shape index (κ1) is 15.9. The van der Waals surface area contributed by atoms with E-state index in [-0.39, 0.29) is 24.5 Å². The first-order valence-corrected chi connectivity index (χ1v) is 6.57. The number of hydrogen-bond acceptors (Lipinski definition) is 5. The highest BCUT2D eigenvalue weighted by Crippen LogP contribution is 2.26. The van der Waals surface area contributed by atoms with E-state index < -0.39 is 11.5 Å². The third-order valence-corrected chi connectivity index (χ3v) is 3.65. The average Bonchev–Trinajstić information content (AvgIpc) is 2.74. The van der Waals surface area contributed by atoms with E-state index >= 15 is 0 Å². The van der Waals surface area contributed by atoms with E-state index in [1.54, 1.807) is 6.92 Å². The molecule has 0 saturated heterocycles. The molecule has 19 heavy (non-hydrogen) atoms. The van der Waals surface area contributed by atoms with Gasteiger partial charge in [-0.2, -0.15) is 0 Å². The van der Waals surface area contributed by atoms with Crippen LogP contribution in [0.3, 0.4) is 0 Å². The van der Waals surface area contributed by atoms with Crippen molar-refractivity contribution in [1.82, 2.24) is 5.32 Å². The van der Waals surface area contributed by atoms with E-state index in [1.165, 1.54) is 14.2 Å². The molecule has 0 aromatic heterocycles. The molecule has 1 aliphatic rings. The zero-order chi connectivity index (χ0) is 14.5. The minimum atomic E-state index is -1.15. The second kappa shape index (κ2) is 6.86. The third-order valence-electron chi connectivity index (χ3n) is 3.65. The van der Waals surface area contributed by atoms with Gasteiger partial charge in [-0.3, -0.25) is 4.79 Å². The van der Waals surface area contributed by atoms with Crippen molar-refractivity contribution in [2.75, 3.05) is 20.8 Å². The van der Waals surface area contributed by atoms with Crippen molar-refractivity contribution in [3.05, 3.63) is 0 Å². The molecule has 6 nitrogen and oxygen atoms in total. The predicted molar refractivity (Wildman–Crippen MR) is 70.4 cm³/mol. The lowest BCUT2D eigenvalue weighted by Gasteiger charge is -2.28. The number of carbonyl (C=O) groups excluding carboxylic acids is 2. The average molecular weight is 272 g/mol. The standard InChI is InChI=1S/C13H24N2O4/c1-13(8-18-2,12(17)19-3)15-11(16)7-9-5-4-6-10(9)14/h9-10H,4-8,14H2,1-3H3,(H,15,16)/t9-,10+,13?/m0/s1. The van der Waals surface area contributed by atoms with E-state index in [9.17, 15) is 9.59 Å². The molecule has 1 aliphatic carbocycles. The normalized spacial score (nSPS) is 25.7. The van der Waals surface area contributed by atoms with Crippen LogP contribution in [0.5, 0.6) is 0 Å². The van der Waals surface area contributed by atoms with Gasteiger partial charge < -0.3 is 20.5 Å². The number of rotatable bonds is 6. The van der Waals surface area contributed by atoms with Gasteiger partial charge in [-0.25, -0.2) is 4.79 Å². The van der Waals surface area contributed by atoms with Crippen LogP contribution in [-0.4, -0.2) is 44.3 Å². The van der Waals surface area contributed by atoms with Crippen molar-refractivity contribution in [1.29, 1.82) is 0 Å². The minimum Gasteiger partial charge on any atom is -0.467 e. The summed E-state index contributed by atoms with van der Waals surface area (Å²) in [6.45, 7) is 1.66. The Bertz CT molecular complexity index is 335. The molecular weight excluding hydrogens is 248 g/mol. The maximum absolute atomic E-state index is 12.0. The van der Waals surface area contributed by atoms with E-state index in [2.05, 4.69) is 5.32 Å². The summed E-state index contributed by atoms with van der Waals surface area (Å²) >= 11 is 0. The summed E-state index contributed by atoms with van der Waals surface area (Å²) in [7, 11) is 2.76. The maximum Gasteiger partial charge on any atom is 0.333 e. The number of nitrogens with two attached hydrogens (primary N) is 1. The molecule has 1 amide bonds. The smallest absolute Gasteiger partial charge is 0.333 e. The second-order valence-electron chi connectivity index (χ2n) is 5.36. The Kier molecular flexibility index (Phi) is 5.75. The molecule has 0 aromatic rings. The van der Waals surface area contributed by atoms with Crippen LogP contribution in [-0.2, 0) is 19.1 Å². The molecule has 3 N–H and O–H groups in total. The van der Waals surface area contributed by atoms with Gasteiger partial charge in [0.15, 0.2) is 5.54 Å². The molecule has 3 atom stereocenters. The van der Waals surface area contributed by atoms with E-state index in [4.69, 9.17) is 15.2 Å². The zero-order valence-corrected chi connectivity index (χ0v) is 11.9. The number of amides is 1. The summed E-state index contributed by atoms with van der Waals surface area (Å²) in [5.74, 6) is -0.504. The van der Waals surface area contributed by atoms with Crippen molar-refractivity contribution < 1.29 is 19.1 Å². The van der Waals surface area contributed by atoms with Crippen molar-refractivity contribution >= 4 is 11.9 Å². The van der Waals surface area contributed by atoms with Crippen LogP contribution in [0.25, 0.3) is 0 Å². The van der Waals surface area contributed by atoms with Gasteiger partial charge in [0.05, 0.1) is 13.7 Å². The Morgan fingerprint density at radius 3 is 2.53 bits per heavy atom. The summed E-state index contributed by atoms with van der Waals surface area (Å²) in [4.78, 5) is 23.7. The highest BCUT2D eigenvalue weighted by Gasteiger charge is 2.37. The van der Waals surface area contributed by atoms with Gasteiger partial charge in [-0.15, -0.1) is 0 Å². The summed E-state index contributed by atoms with van der Waals surface area (Å²) in [5, 5.41) is 2.70. The van der Waals surface area contributed by atoms with Crippen LogP contribution in [0, 0.1) is 5.92 Å². The van der Waals surface area contributed by atoms with Gasteiger partial charge in [-0.05, 0) is 25.7 Å². The Hall–Kier alpha value is -1.14. The Labute approximate surface area is 114 Å². The van der Waals surface area contributed by atoms with Gasteiger partial charge >= 0.3 is 5.97 Å². The number of nitrogens with one attached hydrogen (secondary N) is 1. The molecule has 0 radical (unpaired) electrons. The molecule has 0 spiro atoms. The van der Waals surface area contributed by atoms with Gasteiger partial charge in [0.25, 0.3) is 0 Å². The zero-order valence-electron chi connectivity index (χ0n) is 11.9. The number of methoxy groups -OCH3 is 2. The van der Waals surface area contributed by atoms with Crippen molar-refractivity contribution in [2.45, 2.75) is 44.2 Å². The molecule has 110 valence electrons. The summed E-state index contributed by atoms with van der Waals surface area (Å²) in [6.07, 6.45) is 3.33. The lowest BCUT2D eigenvalue weighted by atomic mass is 9.98. The van der Waals surface area contributed by atoms with Crippen LogP contribution in [0.15, 0.2) is 0 Å². The SMILES string of the molecule is COCC(C)(NC(=O)C[C@@H]1CCC[C@H]1N)C(=O)OC. The lowest BCUT2D eigenvalue weighted by Crippen LogP contribution is -2.56. The summed E-state index contributed by atoms with van der Waals surface area (Å²) in [6, 6.07) is 0.0811. The van der Waals surface area contributed by atoms with Crippen LogP contribution in [0.2, 0.25) is 0 Å². The number of ether oxygens (including phenoxy) is 2. The topological polar surface area (TPSA) is 90.6 Å². The fraction of sp³-hybridized carbons (Fsp3) is 0.846. The van der Waals surface area contributed by atoms with Crippen molar-refractivity contribution in [3.8, 4) is 0 Å². The Balaban J connectivity index is 2.58. The third kappa shape index (κ3) is 4.18. The van der Waals surface area contributed by atoms with Crippen LogP contribution in [0.1, 0.15) is 32.6 Å². The fourth-order valence-electron chi connectivity index (χ4n) is 2.58. The van der Waals surface area contributed by atoms with Crippen LogP contribution < -0.4 is 11.1 Å². The molecule has 0 heterocycles. The first-order valence-electron chi connectivity index (χ1n) is 6.57. The van der Waals surface area contributed by atoms with Gasteiger partial charge in [-0.1, -0.05) is 6.42 Å². The summed E-state index contributed by atoms with van der Waals surface area (Å²) in [5.41, 5.74) is 4.79. The number of hydrogen-bond donors (Lipinski definition) is 2. The Morgan fingerprint density at radius 2 is 2.05 bits per heavy atom. The van der Waals surface area contributed by atoms with Crippen molar-refractivity contribution in [3.63, 3.8) is 0 Å². The summed E-state index contributed by atoms with van der Waals surface area (Å²) < 4.78 is 9.68.